The Balaban J connectivity index is 2.31. The van der Waals surface area contributed by atoms with Crippen LogP contribution in [0, 0.1) is 5.82 Å². The maximum atomic E-state index is 13.4. The summed E-state index contributed by atoms with van der Waals surface area (Å²) in [6.07, 6.45) is -3.84. The van der Waals surface area contributed by atoms with Gasteiger partial charge >= 0.3 is 6.18 Å². The van der Waals surface area contributed by atoms with Gasteiger partial charge in [-0.3, -0.25) is 4.79 Å². The van der Waals surface area contributed by atoms with Gasteiger partial charge in [-0.25, -0.2) is 4.39 Å². The van der Waals surface area contributed by atoms with Gasteiger partial charge < -0.3 is 10.1 Å². The molecule has 0 bridgehead atoms. The van der Waals surface area contributed by atoms with Gasteiger partial charge in [0.2, 0.25) is 5.91 Å². The lowest BCUT2D eigenvalue weighted by atomic mass is 10.1. The summed E-state index contributed by atoms with van der Waals surface area (Å²) in [5.74, 6) is -1.59. The van der Waals surface area contributed by atoms with Crippen LogP contribution in [0.3, 0.4) is 0 Å². The molecule has 1 heterocycles. The molecule has 1 aliphatic rings. The van der Waals surface area contributed by atoms with Gasteiger partial charge in [-0.15, -0.1) is 5.10 Å². The minimum atomic E-state index is -4.83. The molecule has 1 amide bonds. The van der Waals surface area contributed by atoms with Crippen LogP contribution in [0.5, 0.6) is 5.75 Å². The number of ether oxygens (including phenoxy) is 1. The molecule has 5 nitrogen and oxygen atoms in total. The normalized spacial score (nSPS) is 17.3. The van der Waals surface area contributed by atoms with E-state index in [4.69, 9.17) is 4.74 Å². The van der Waals surface area contributed by atoms with Crippen LogP contribution >= 0.6 is 11.8 Å². The molecule has 1 aromatic carbocycles. The number of hydrogen-bond donors (Lipinski definition) is 1. The molecule has 1 N–H and O–H groups in total. The van der Waals surface area contributed by atoms with Crippen molar-refractivity contribution in [2.24, 2.45) is 10.2 Å². The fourth-order valence-electron chi connectivity index (χ4n) is 1.59. The number of alkyl halides is 3. The van der Waals surface area contributed by atoms with Crippen molar-refractivity contribution in [2.45, 2.75) is 6.18 Å². The minimum absolute atomic E-state index is 0.0881. The second kappa shape index (κ2) is 6.34. The highest BCUT2D eigenvalue weighted by molar-refractivity contribution is 8.15. The van der Waals surface area contributed by atoms with E-state index in [9.17, 15) is 22.4 Å². The van der Waals surface area contributed by atoms with Crippen molar-refractivity contribution in [3.05, 3.63) is 29.1 Å². The van der Waals surface area contributed by atoms with Crippen molar-refractivity contribution in [3.8, 4) is 5.75 Å². The average molecular weight is 335 g/mol. The number of hydrogen-bond acceptors (Lipinski definition) is 5. The molecule has 0 radical (unpaired) electrons. The maximum Gasteiger partial charge on any atom is 0.419 e. The molecule has 0 atom stereocenters. The number of amides is 1. The van der Waals surface area contributed by atoms with Crippen LogP contribution in [0.25, 0.3) is 0 Å². The van der Waals surface area contributed by atoms with Crippen LogP contribution in [-0.4, -0.2) is 30.2 Å². The van der Waals surface area contributed by atoms with Crippen LogP contribution < -0.4 is 10.1 Å². The van der Waals surface area contributed by atoms with Crippen LogP contribution in [0.4, 0.5) is 17.6 Å². The number of nitrogens with zero attached hydrogens (tertiary/aromatic N) is 2. The second-order valence-corrected chi connectivity index (χ2v) is 5.02. The predicted octanol–water partition coefficient (Wildman–Crippen LogP) is 2.41. The molecule has 1 aliphatic heterocycles. The summed E-state index contributed by atoms with van der Waals surface area (Å²) in [6.45, 7) is 0. The lowest BCUT2D eigenvalue weighted by molar-refractivity contribution is -0.140. The Hall–Kier alpha value is -2.10. The first-order valence-corrected chi connectivity index (χ1v) is 6.78. The molecule has 0 unspecified atom stereocenters. The maximum absolute atomic E-state index is 13.4. The molecule has 2 rings (SSSR count). The van der Waals surface area contributed by atoms with E-state index in [0.717, 1.165) is 18.0 Å². The summed E-state index contributed by atoms with van der Waals surface area (Å²) >= 11 is 1.11. The van der Waals surface area contributed by atoms with E-state index in [0.29, 0.717) is 12.1 Å². The first kappa shape index (κ1) is 16.3. The van der Waals surface area contributed by atoms with E-state index in [1.165, 1.54) is 7.11 Å². The monoisotopic (exact) mass is 335 g/mol. The third kappa shape index (κ3) is 3.75. The first-order valence-electron chi connectivity index (χ1n) is 5.79. The highest BCUT2D eigenvalue weighted by Crippen LogP contribution is 2.34. The lowest BCUT2D eigenvalue weighted by Gasteiger charge is -2.11. The standard InChI is InChI=1S/C12H9F4N3O2S/c1-21-9-3-8(13)7(12(14,15)16)2-6(9)4-17-19-11-18-10(20)5-22-11/h2-4H,5H2,1H3,(H,18,19,20). The summed E-state index contributed by atoms with van der Waals surface area (Å²) in [6, 6.07) is 1.21. The summed E-state index contributed by atoms with van der Waals surface area (Å²) in [7, 11) is 1.19. The van der Waals surface area contributed by atoms with Crippen molar-refractivity contribution in [1.29, 1.82) is 0 Å². The zero-order valence-electron chi connectivity index (χ0n) is 11.1. The molecular weight excluding hydrogens is 326 g/mol. The van der Waals surface area contributed by atoms with Crippen LogP contribution in [0.15, 0.2) is 22.3 Å². The van der Waals surface area contributed by atoms with Crippen molar-refractivity contribution in [1.82, 2.24) is 5.32 Å². The van der Waals surface area contributed by atoms with Crippen molar-refractivity contribution < 1.29 is 27.1 Å². The van der Waals surface area contributed by atoms with E-state index in [1.54, 1.807) is 0 Å². The molecule has 1 fully saturated rings. The molecule has 10 heteroatoms. The topological polar surface area (TPSA) is 63.1 Å². The number of carbonyl (C=O) groups is 1. The number of amidine groups is 1. The van der Waals surface area contributed by atoms with Gasteiger partial charge in [0.1, 0.15) is 11.6 Å². The predicted molar refractivity (Wildman–Crippen MR) is 73.6 cm³/mol. The lowest BCUT2D eigenvalue weighted by Crippen LogP contribution is -2.19. The molecular formula is C12H9F4N3O2S. The average Bonchev–Trinajstić information content (AvgIpc) is 2.84. The Morgan fingerprint density at radius 3 is 2.68 bits per heavy atom. The Morgan fingerprint density at radius 2 is 2.14 bits per heavy atom. The zero-order valence-corrected chi connectivity index (χ0v) is 11.9. The van der Waals surface area contributed by atoms with Crippen LogP contribution in [-0.2, 0) is 11.0 Å². The van der Waals surface area contributed by atoms with Gasteiger partial charge in [-0.1, -0.05) is 11.8 Å². The molecule has 1 saturated heterocycles. The molecule has 0 aliphatic carbocycles. The molecule has 0 spiro atoms. The molecule has 118 valence electrons. The van der Waals surface area contributed by atoms with E-state index in [2.05, 4.69) is 15.5 Å². The van der Waals surface area contributed by atoms with Gasteiger partial charge in [0.15, 0.2) is 5.17 Å². The van der Waals surface area contributed by atoms with Crippen molar-refractivity contribution in [2.75, 3.05) is 12.9 Å². The zero-order chi connectivity index (χ0) is 16.3. The molecule has 1 aromatic rings. The largest absolute Gasteiger partial charge is 0.496 e. The van der Waals surface area contributed by atoms with E-state index in [-0.39, 0.29) is 28.1 Å². The third-order valence-electron chi connectivity index (χ3n) is 2.56. The van der Waals surface area contributed by atoms with Gasteiger partial charge in [0.05, 0.1) is 24.6 Å². The van der Waals surface area contributed by atoms with Crippen molar-refractivity contribution >= 4 is 29.1 Å². The number of thioether (sulfide) groups is 1. The number of nitrogens with one attached hydrogen (secondary N) is 1. The SMILES string of the molecule is COc1cc(F)c(C(F)(F)F)cc1C=NN=C1NC(=O)CS1. The fraction of sp³-hybridized carbons (Fsp3) is 0.250. The van der Waals surface area contributed by atoms with E-state index in [1.807, 2.05) is 0 Å². The summed E-state index contributed by atoms with van der Waals surface area (Å²) in [5.41, 5.74) is -1.51. The Labute approximate surface area is 126 Å². The highest BCUT2D eigenvalue weighted by atomic mass is 32.2. The van der Waals surface area contributed by atoms with Crippen molar-refractivity contribution in [3.63, 3.8) is 0 Å². The second-order valence-electron chi connectivity index (χ2n) is 4.06. The summed E-state index contributed by atoms with van der Waals surface area (Å²) in [5, 5.41) is 9.86. The van der Waals surface area contributed by atoms with Gasteiger partial charge in [0, 0.05) is 11.6 Å². The number of halogens is 4. The van der Waals surface area contributed by atoms with Crippen LogP contribution in [0.1, 0.15) is 11.1 Å². The highest BCUT2D eigenvalue weighted by Gasteiger charge is 2.35. The van der Waals surface area contributed by atoms with Gasteiger partial charge in [-0.2, -0.15) is 18.3 Å². The molecule has 22 heavy (non-hydrogen) atoms. The smallest absolute Gasteiger partial charge is 0.419 e. The van der Waals surface area contributed by atoms with E-state index >= 15 is 0 Å². The van der Waals surface area contributed by atoms with Gasteiger partial charge in [0.25, 0.3) is 0 Å². The number of carbonyl (C=O) groups excluding carboxylic acids is 1. The number of benzene rings is 1. The number of rotatable bonds is 3. The summed E-state index contributed by atoms with van der Waals surface area (Å²) in [4.78, 5) is 10.9. The third-order valence-corrected chi connectivity index (χ3v) is 3.42. The fourth-order valence-corrected chi connectivity index (χ4v) is 2.22. The first-order chi connectivity index (χ1) is 10.3. The Morgan fingerprint density at radius 1 is 1.41 bits per heavy atom. The molecule has 0 saturated carbocycles. The quantitative estimate of drug-likeness (QED) is 0.524. The molecule has 0 aromatic heterocycles. The van der Waals surface area contributed by atoms with Gasteiger partial charge in [-0.05, 0) is 6.07 Å². The Bertz CT molecular complexity index is 659. The van der Waals surface area contributed by atoms with Crippen LogP contribution in [0.2, 0.25) is 0 Å². The number of methoxy groups -OCH3 is 1. The minimum Gasteiger partial charge on any atom is -0.496 e. The Kier molecular flexibility index (Phi) is 4.69. The summed E-state index contributed by atoms with van der Waals surface area (Å²) < 4.78 is 56.2. The van der Waals surface area contributed by atoms with E-state index < -0.39 is 17.6 Å².